The van der Waals surface area contributed by atoms with Gasteiger partial charge in [0.05, 0.1) is 6.61 Å². The highest BCUT2D eigenvalue weighted by molar-refractivity contribution is 5.91. The standard InChI is InChI=1S/C25H32O5/c1-5-6-7-8-16-28-20-13-10-14-21-22(20)23(26)24(25(27)30-21)29-17-15-19(4)12-9-11-18(2)3/h6-7,10-11,13-15,26H,5,8-9,12,16-17H2,1-4H3/b7-6?,19-15+. The molecule has 0 bridgehead atoms. The number of ether oxygens (including phenoxy) is 2. The van der Waals surface area contributed by atoms with Gasteiger partial charge in [-0.2, -0.15) is 0 Å². The molecule has 1 aromatic carbocycles. The number of allylic oxidation sites excluding steroid dienone is 4. The van der Waals surface area contributed by atoms with Gasteiger partial charge < -0.3 is 19.0 Å². The number of hydrogen-bond donors (Lipinski definition) is 1. The molecule has 0 saturated carbocycles. The fourth-order valence-electron chi connectivity index (χ4n) is 2.91. The summed E-state index contributed by atoms with van der Waals surface area (Å²) in [5, 5.41) is 11.1. The fraction of sp³-hybridized carbons (Fsp3) is 0.400. The van der Waals surface area contributed by atoms with Gasteiger partial charge in [0.2, 0.25) is 5.75 Å². The second-order valence-corrected chi connectivity index (χ2v) is 7.39. The molecule has 1 N–H and O–H groups in total. The van der Waals surface area contributed by atoms with Gasteiger partial charge in [0.15, 0.2) is 5.75 Å². The SMILES string of the molecule is CCC=CCCOc1cccc2oc(=O)c(OC/C=C(\C)CCC=C(C)C)c(O)c12. The van der Waals surface area contributed by atoms with Gasteiger partial charge in [-0.05, 0) is 64.7 Å². The molecular formula is C25H32O5. The molecule has 30 heavy (non-hydrogen) atoms. The Morgan fingerprint density at radius 3 is 2.63 bits per heavy atom. The summed E-state index contributed by atoms with van der Waals surface area (Å²) in [6.45, 7) is 8.87. The van der Waals surface area contributed by atoms with E-state index in [4.69, 9.17) is 13.9 Å². The van der Waals surface area contributed by atoms with E-state index in [1.807, 2.05) is 19.1 Å². The third-order valence-electron chi connectivity index (χ3n) is 4.52. The lowest BCUT2D eigenvalue weighted by Gasteiger charge is -2.11. The molecule has 5 nitrogen and oxygen atoms in total. The molecule has 1 aromatic heterocycles. The van der Waals surface area contributed by atoms with Crippen molar-refractivity contribution in [3.8, 4) is 17.2 Å². The number of aromatic hydroxyl groups is 1. The van der Waals surface area contributed by atoms with Gasteiger partial charge in [0, 0.05) is 0 Å². The minimum atomic E-state index is -0.710. The zero-order valence-corrected chi connectivity index (χ0v) is 18.4. The lowest BCUT2D eigenvalue weighted by molar-refractivity contribution is 0.311. The highest BCUT2D eigenvalue weighted by Gasteiger charge is 2.18. The van der Waals surface area contributed by atoms with Crippen LogP contribution in [0.3, 0.4) is 0 Å². The van der Waals surface area contributed by atoms with Crippen LogP contribution in [0.1, 0.15) is 53.4 Å². The summed E-state index contributed by atoms with van der Waals surface area (Å²) in [7, 11) is 0. The van der Waals surface area contributed by atoms with Crippen LogP contribution in [0.5, 0.6) is 17.2 Å². The van der Waals surface area contributed by atoms with Gasteiger partial charge in [-0.1, -0.05) is 42.4 Å². The first-order chi connectivity index (χ1) is 14.4. The Morgan fingerprint density at radius 2 is 1.90 bits per heavy atom. The Bertz CT molecular complexity index is 975. The first-order valence-electron chi connectivity index (χ1n) is 10.4. The van der Waals surface area contributed by atoms with Gasteiger partial charge in [-0.25, -0.2) is 4.79 Å². The van der Waals surface area contributed by atoms with Crippen molar-refractivity contribution in [2.75, 3.05) is 13.2 Å². The van der Waals surface area contributed by atoms with Crippen LogP contribution in [-0.2, 0) is 0 Å². The summed E-state index contributed by atoms with van der Waals surface area (Å²) in [5.41, 5.74) is 2.00. The molecule has 0 aliphatic carbocycles. The number of rotatable bonds is 11. The Kier molecular flexibility index (Phi) is 9.26. The van der Waals surface area contributed by atoms with Crippen LogP contribution < -0.4 is 15.1 Å². The van der Waals surface area contributed by atoms with Gasteiger partial charge >= 0.3 is 5.63 Å². The summed E-state index contributed by atoms with van der Waals surface area (Å²) < 4.78 is 16.7. The van der Waals surface area contributed by atoms with Gasteiger partial charge in [0.25, 0.3) is 0 Å². The normalized spacial score (nSPS) is 11.8. The van der Waals surface area contributed by atoms with Crippen LogP contribution >= 0.6 is 0 Å². The summed E-state index contributed by atoms with van der Waals surface area (Å²) in [5.74, 6) is 0.00580. The summed E-state index contributed by atoms with van der Waals surface area (Å²) in [4.78, 5) is 12.3. The average molecular weight is 413 g/mol. The molecule has 0 spiro atoms. The second kappa shape index (κ2) is 11.9. The highest BCUT2D eigenvalue weighted by atomic mass is 16.5. The Morgan fingerprint density at radius 1 is 1.10 bits per heavy atom. The summed E-state index contributed by atoms with van der Waals surface area (Å²) >= 11 is 0. The zero-order valence-electron chi connectivity index (χ0n) is 18.4. The Hall–Kier alpha value is -2.95. The first kappa shape index (κ1) is 23.3. The molecule has 2 rings (SSSR count). The maximum atomic E-state index is 12.3. The molecule has 2 aromatic rings. The maximum absolute atomic E-state index is 12.3. The Labute approximate surface area is 178 Å². The van der Waals surface area contributed by atoms with Crippen molar-refractivity contribution in [1.29, 1.82) is 0 Å². The molecule has 162 valence electrons. The van der Waals surface area contributed by atoms with Crippen molar-refractivity contribution in [3.05, 3.63) is 64.1 Å². The van der Waals surface area contributed by atoms with Gasteiger partial charge in [0.1, 0.15) is 23.3 Å². The van der Waals surface area contributed by atoms with Crippen LogP contribution in [0.15, 0.2) is 62.9 Å². The van der Waals surface area contributed by atoms with Gasteiger partial charge in [-0.15, -0.1) is 0 Å². The molecule has 0 aliphatic heterocycles. The van der Waals surface area contributed by atoms with Crippen molar-refractivity contribution in [1.82, 2.24) is 0 Å². The first-order valence-corrected chi connectivity index (χ1v) is 10.4. The lowest BCUT2D eigenvalue weighted by Crippen LogP contribution is -2.08. The van der Waals surface area contributed by atoms with Crippen LogP contribution in [0.25, 0.3) is 11.0 Å². The molecule has 0 radical (unpaired) electrons. The minimum absolute atomic E-state index is 0.176. The highest BCUT2D eigenvalue weighted by Crippen LogP contribution is 2.37. The van der Waals surface area contributed by atoms with E-state index in [0.29, 0.717) is 17.7 Å². The largest absolute Gasteiger partial charge is 0.503 e. The van der Waals surface area contributed by atoms with Crippen molar-refractivity contribution >= 4 is 11.0 Å². The summed E-state index contributed by atoms with van der Waals surface area (Å²) in [6, 6.07) is 5.08. The van der Waals surface area contributed by atoms with Crippen LogP contribution in [0, 0.1) is 0 Å². The fourth-order valence-corrected chi connectivity index (χ4v) is 2.91. The molecule has 0 fully saturated rings. The van der Waals surface area contributed by atoms with Crippen LogP contribution in [-0.4, -0.2) is 18.3 Å². The molecule has 0 amide bonds. The van der Waals surface area contributed by atoms with Crippen molar-refractivity contribution in [2.45, 2.75) is 53.4 Å². The predicted octanol–water partition coefficient (Wildman–Crippen LogP) is 6.31. The van der Waals surface area contributed by atoms with E-state index in [2.05, 4.69) is 32.9 Å². The molecule has 1 heterocycles. The topological polar surface area (TPSA) is 68.9 Å². The van der Waals surface area contributed by atoms with Crippen LogP contribution in [0.4, 0.5) is 0 Å². The molecule has 0 unspecified atom stereocenters. The van der Waals surface area contributed by atoms with E-state index >= 15 is 0 Å². The molecule has 0 saturated heterocycles. The molecule has 0 atom stereocenters. The van der Waals surface area contributed by atoms with E-state index in [9.17, 15) is 9.90 Å². The van der Waals surface area contributed by atoms with E-state index in [0.717, 1.165) is 31.3 Å². The smallest absolute Gasteiger partial charge is 0.383 e. The number of hydrogen-bond acceptors (Lipinski definition) is 5. The third kappa shape index (κ3) is 6.83. The molecular weight excluding hydrogens is 380 g/mol. The monoisotopic (exact) mass is 412 g/mol. The van der Waals surface area contributed by atoms with E-state index in [1.165, 1.54) is 5.57 Å². The minimum Gasteiger partial charge on any atom is -0.503 e. The Balaban J connectivity index is 2.16. The maximum Gasteiger partial charge on any atom is 0.383 e. The van der Waals surface area contributed by atoms with Gasteiger partial charge in [-0.3, -0.25) is 0 Å². The quantitative estimate of drug-likeness (QED) is 0.266. The van der Waals surface area contributed by atoms with E-state index in [-0.39, 0.29) is 23.7 Å². The van der Waals surface area contributed by atoms with Crippen LogP contribution in [0.2, 0.25) is 0 Å². The summed E-state index contributed by atoms with van der Waals surface area (Å²) in [6.07, 6.45) is 11.8. The van der Waals surface area contributed by atoms with E-state index < -0.39 is 5.63 Å². The predicted molar refractivity (Wildman–Crippen MR) is 122 cm³/mol. The average Bonchev–Trinajstić information content (AvgIpc) is 2.69. The van der Waals surface area contributed by atoms with Crippen molar-refractivity contribution in [2.24, 2.45) is 0 Å². The van der Waals surface area contributed by atoms with E-state index in [1.54, 1.807) is 18.2 Å². The lowest BCUT2D eigenvalue weighted by atomic mass is 10.1. The van der Waals surface area contributed by atoms with Crippen molar-refractivity contribution < 1.29 is 19.0 Å². The molecule has 0 aliphatic rings. The second-order valence-electron chi connectivity index (χ2n) is 7.39. The number of benzene rings is 1. The molecule has 5 heteroatoms. The van der Waals surface area contributed by atoms with Crippen molar-refractivity contribution in [3.63, 3.8) is 0 Å². The third-order valence-corrected chi connectivity index (χ3v) is 4.52. The number of fused-ring (bicyclic) bond motifs is 1. The zero-order chi connectivity index (χ0) is 21.9.